The summed E-state index contributed by atoms with van der Waals surface area (Å²) in [6, 6.07) is 0. The van der Waals surface area contributed by atoms with E-state index in [0.717, 1.165) is 0 Å². The van der Waals surface area contributed by atoms with Crippen LogP contribution in [-0.4, -0.2) is 38.0 Å². The summed E-state index contributed by atoms with van der Waals surface area (Å²) < 4.78 is 34.4. The smallest absolute Gasteiger partial charge is 0.264 e. The molecule has 0 heterocycles. The molecule has 7 heteroatoms. The normalized spacial score (nSPS) is 13.4. The Hall–Kier alpha value is -0.660. The fourth-order valence-electron chi connectivity index (χ4n) is 1.07. The minimum Gasteiger partial charge on any atom is -0.362 e. The molecule has 0 aromatic rings. The number of nitrogens with one attached hydrogen (secondary N) is 1. The molecule has 0 aliphatic rings. The molecule has 96 valence electrons. The van der Waals surface area contributed by atoms with Crippen molar-refractivity contribution < 1.29 is 22.5 Å². The third kappa shape index (κ3) is 9.88. The molecule has 0 saturated heterocycles. The molecule has 0 aromatic heterocycles. The van der Waals surface area contributed by atoms with Crippen LogP contribution in [0.1, 0.15) is 26.7 Å². The molecule has 0 saturated carbocycles. The van der Waals surface area contributed by atoms with E-state index >= 15 is 0 Å². The summed E-state index contributed by atoms with van der Waals surface area (Å²) in [6.45, 7) is 4.27. The van der Waals surface area contributed by atoms with Gasteiger partial charge < -0.3 is 10.1 Å². The third-order valence-corrected chi connectivity index (χ3v) is 2.73. The minimum atomic E-state index is -3.93. The highest BCUT2D eigenvalue weighted by Crippen LogP contribution is 2.08. The van der Waals surface area contributed by atoms with Gasteiger partial charge in [-0.15, -0.1) is 0 Å². The molecule has 0 rings (SSSR count). The molecule has 1 unspecified atom stereocenters. The van der Waals surface area contributed by atoms with Gasteiger partial charge in [0, 0.05) is 13.0 Å². The van der Waals surface area contributed by atoms with Gasteiger partial charge in [0.25, 0.3) is 10.1 Å². The Bertz CT molecular complexity index is 301. The molecule has 0 fully saturated rings. The van der Waals surface area contributed by atoms with Gasteiger partial charge in [-0.1, -0.05) is 6.92 Å². The molecule has 6 nitrogen and oxygen atoms in total. The molecule has 1 amide bonds. The third-order valence-electron chi connectivity index (χ3n) is 1.98. The van der Waals surface area contributed by atoms with E-state index in [9.17, 15) is 13.2 Å². The summed E-state index contributed by atoms with van der Waals surface area (Å²) in [5, 5.41) is 2.54. The van der Waals surface area contributed by atoms with Crippen LogP contribution < -0.4 is 5.32 Å². The average molecular weight is 253 g/mol. The second-order valence-corrected chi connectivity index (χ2v) is 5.19. The van der Waals surface area contributed by atoms with Crippen molar-refractivity contribution in [2.45, 2.75) is 26.7 Å². The minimum absolute atomic E-state index is 0.0939. The van der Waals surface area contributed by atoms with Crippen LogP contribution in [-0.2, 0) is 19.6 Å². The average Bonchev–Trinajstić information content (AvgIpc) is 2.14. The SMILES string of the molecule is CCOCNC(=O)CC(C)CCS(=O)(=O)O. The molecular formula is C9H19NO5S. The second-order valence-electron chi connectivity index (χ2n) is 3.62. The van der Waals surface area contributed by atoms with Gasteiger partial charge in [0.1, 0.15) is 6.73 Å². The second kappa shape index (κ2) is 7.59. The fraction of sp³-hybridized carbons (Fsp3) is 0.889. The summed E-state index contributed by atoms with van der Waals surface area (Å²) in [5.74, 6) is -0.591. The lowest BCUT2D eigenvalue weighted by Gasteiger charge is -2.10. The van der Waals surface area contributed by atoms with E-state index in [2.05, 4.69) is 5.32 Å². The van der Waals surface area contributed by atoms with Gasteiger partial charge in [-0.3, -0.25) is 9.35 Å². The molecule has 1 atom stereocenters. The number of carbonyl (C=O) groups is 1. The van der Waals surface area contributed by atoms with Crippen LogP contribution >= 0.6 is 0 Å². The molecule has 16 heavy (non-hydrogen) atoms. The Balaban J connectivity index is 3.70. The van der Waals surface area contributed by atoms with Crippen molar-refractivity contribution in [2.24, 2.45) is 5.92 Å². The predicted molar refractivity (Wildman–Crippen MR) is 59.4 cm³/mol. The van der Waals surface area contributed by atoms with E-state index in [4.69, 9.17) is 9.29 Å². The Labute approximate surface area is 96.1 Å². The Kier molecular flexibility index (Phi) is 7.27. The summed E-state index contributed by atoms with van der Waals surface area (Å²) in [7, 11) is -3.93. The number of hydrogen-bond donors (Lipinski definition) is 2. The topological polar surface area (TPSA) is 92.7 Å². The van der Waals surface area contributed by atoms with E-state index in [0.29, 0.717) is 6.61 Å². The van der Waals surface area contributed by atoms with E-state index in [-0.39, 0.29) is 37.2 Å². The first-order chi connectivity index (χ1) is 7.35. The van der Waals surface area contributed by atoms with Crippen molar-refractivity contribution >= 4 is 16.0 Å². The first-order valence-corrected chi connectivity index (χ1v) is 6.75. The van der Waals surface area contributed by atoms with Crippen molar-refractivity contribution in [3.8, 4) is 0 Å². The van der Waals surface area contributed by atoms with Crippen molar-refractivity contribution in [1.82, 2.24) is 5.32 Å². The number of amides is 1. The van der Waals surface area contributed by atoms with Crippen LogP contribution in [0, 0.1) is 5.92 Å². The van der Waals surface area contributed by atoms with Gasteiger partial charge in [0.15, 0.2) is 0 Å². The number of hydrogen-bond acceptors (Lipinski definition) is 4. The quantitative estimate of drug-likeness (QED) is 0.371. The monoisotopic (exact) mass is 253 g/mol. The van der Waals surface area contributed by atoms with Crippen LogP contribution in [0.2, 0.25) is 0 Å². The highest BCUT2D eigenvalue weighted by atomic mass is 32.2. The zero-order valence-corrected chi connectivity index (χ0v) is 10.4. The van der Waals surface area contributed by atoms with Crippen molar-refractivity contribution in [3.05, 3.63) is 0 Å². The van der Waals surface area contributed by atoms with E-state index in [1.54, 1.807) is 6.92 Å². The number of carbonyl (C=O) groups excluding carboxylic acids is 1. The zero-order valence-electron chi connectivity index (χ0n) is 9.60. The van der Waals surface area contributed by atoms with Gasteiger partial charge in [-0.25, -0.2) is 0 Å². The van der Waals surface area contributed by atoms with Crippen LogP contribution in [0.15, 0.2) is 0 Å². The summed E-state index contributed by atoms with van der Waals surface area (Å²) in [4.78, 5) is 11.2. The first kappa shape index (κ1) is 15.3. The molecular weight excluding hydrogens is 234 g/mol. The summed E-state index contributed by atoms with van der Waals surface area (Å²) in [6.07, 6.45) is 0.490. The molecule has 0 aromatic carbocycles. The molecule has 0 bridgehead atoms. The van der Waals surface area contributed by atoms with E-state index in [1.165, 1.54) is 0 Å². The van der Waals surface area contributed by atoms with Gasteiger partial charge in [0.05, 0.1) is 5.75 Å². The maximum atomic E-state index is 11.2. The van der Waals surface area contributed by atoms with E-state index < -0.39 is 10.1 Å². The largest absolute Gasteiger partial charge is 0.362 e. The van der Waals surface area contributed by atoms with Crippen LogP contribution in [0.5, 0.6) is 0 Å². The van der Waals surface area contributed by atoms with Gasteiger partial charge in [0.2, 0.25) is 5.91 Å². The Morgan fingerprint density at radius 2 is 2.12 bits per heavy atom. The highest BCUT2D eigenvalue weighted by molar-refractivity contribution is 7.85. The van der Waals surface area contributed by atoms with Crippen molar-refractivity contribution in [2.75, 3.05) is 19.1 Å². The Morgan fingerprint density at radius 3 is 2.62 bits per heavy atom. The molecule has 0 radical (unpaired) electrons. The van der Waals surface area contributed by atoms with Gasteiger partial charge in [-0.05, 0) is 19.3 Å². The zero-order chi connectivity index (χ0) is 12.6. The number of ether oxygens (including phenoxy) is 1. The lowest BCUT2D eigenvalue weighted by atomic mass is 10.1. The molecule has 2 N–H and O–H groups in total. The maximum Gasteiger partial charge on any atom is 0.264 e. The Morgan fingerprint density at radius 1 is 1.50 bits per heavy atom. The molecule has 0 aliphatic heterocycles. The standard InChI is InChI=1S/C9H19NO5S/c1-3-15-7-10-9(11)6-8(2)4-5-16(12,13)14/h8H,3-7H2,1-2H3,(H,10,11)(H,12,13,14). The highest BCUT2D eigenvalue weighted by Gasteiger charge is 2.12. The lowest BCUT2D eigenvalue weighted by molar-refractivity contribution is -0.123. The molecule has 0 aliphatic carbocycles. The van der Waals surface area contributed by atoms with Crippen LogP contribution in [0.4, 0.5) is 0 Å². The van der Waals surface area contributed by atoms with Crippen LogP contribution in [0.3, 0.4) is 0 Å². The lowest BCUT2D eigenvalue weighted by Crippen LogP contribution is -2.27. The van der Waals surface area contributed by atoms with Gasteiger partial charge in [-0.2, -0.15) is 8.42 Å². The van der Waals surface area contributed by atoms with Crippen molar-refractivity contribution in [1.29, 1.82) is 0 Å². The van der Waals surface area contributed by atoms with E-state index in [1.807, 2.05) is 6.92 Å². The van der Waals surface area contributed by atoms with Crippen LogP contribution in [0.25, 0.3) is 0 Å². The number of rotatable bonds is 8. The van der Waals surface area contributed by atoms with Crippen molar-refractivity contribution in [3.63, 3.8) is 0 Å². The first-order valence-electron chi connectivity index (χ1n) is 5.14. The fourth-order valence-corrected chi connectivity index (χ4v) is 1.77. The maximum absolute atomic E-state index is 11.2. The van der Waals surface area contributed by atoms with Gasteiger partial charge >= 0.3 is 0 Å². The molecule has 0 spiro atoms. The summed E-state index contributed by atoms with van der Waals surface area (Å²) in [5.41, 5.74) is 0. The summed E-state index contributed by atoms with van der Waals surface area (Å²) >= 11 is 0. The predicted octanol–water partition coefficient (Wildman–Crippen LogP) is 0.401.